The molecule has 3 rings (SSSR count). The molecule has 0 saturated carbocycles. The predicted molar refractivity (Wildman–Crippen MR) is 91.6 cm³/mol. The number of hydrogen-bond donors (Lipinski definition) is 1. The van der Waals surface area contributed by atoms with Gasteiger partial charge in [-0.3, -0.25) is 9.59 Å². The van der Waals surface area contributed by atoms with Crippen LogP contribution in [0.1, 0.15) is 61.8 Å². The first-order valence-electron chi connectivity index (χ1n) is 9.12. The van der Waals surface area contributed by atoms with Crippen molar-refractivity contribution in [1.82, 2.24) is 19.8 Å². The molecular formula is C18H28N4O2. The molecule has 6 nitrogen and oxygen atoms in total. The van der Waals surface area contributed by atoms with Crippen LogP contribution in [0.3, 0.4) is 0 Å². The van der Waals surface area contributed by atoms with Gasteiger partial charge in [0.1, 0.15) is 0 Å². The molecule has 2 fully saturated rings. The average Bonchev–Trinajstić information content (AvgIpc) is 3.02. The minimum Gasteiger partial charge on any atom is -0.342 e. The van der Waals surface area contributed by atoms with E-state index < -0.39 is 0 Å². The highest BCUT2D eigenvalue weighted by Crippen LogP contribution is 2.39. The fourth-order valence-corrected chi connectivity index (χ4v) is 4.04. The molecule has 0 unspecified atom stereocenters. The number of unbranched alkanes of at least 4 members (excludes halogenated alkanes) is 1. The maximum Gasteiger partial charge on any atom is 0.289 e. The Hall–Kier alpha value is -1.85. The molecule has 6 heteroatoms. The van der Waals surface area contributed by atoms with E-state index in [9.17, 15) is 9.59 Å². The van der Waals surface area contributed by atoms with E-state index in [2.05, 4.69) is 16.9 Å². The van der Waals surface area contributed by atoms with Crippen LogP contribution < -0.4 is 0 Å². The number of amides is 2. The highest BCUT2D eigenvalue weighted by atomic mass is 16.2. The Balaban J connectivity index is 1.69. The van der Waals surface area contributed by atoms with Crippen molar-refractivity contribution in [2.24, 2.45) is 5.41 Å². The van der Waals surface area contributed by atoms with Gasteiger partial charge in [0.15, 0.2) is 5.82 Å². The summed E-state index contributed by atoms with van der Waals surface area (Å²) < 4.78 is 0. The molecule has 1 N–H and O–H groups in total. The number of rotatable bonds is 4. The van der Waals surface area contributed by atoms with Crippen molar-refractivity contribution in [3.05, 3.63) is 17.7 Å². The molecule has 1 aromatic rings. The Morgan fingerprint density at radius 3 is 2.92 bits per heavy atom. The smallest absolute Gasteiger partial charge is 0.289 e. The van der Waals surface area contributed by atoms with Crippen molar-refractivity contribution in [2.75, 3.05) is 26.2 Å². The number of carbonyl (C=O) groups excluding carboxylic acids is 2. The van der Waals surface area contributed by atoms with E-state index in [0.717, 1.165) is 64.0 Å². The van der Waals surface area contributed by atoms with Crippen LogP contribution in [0.2, 0.25) is 0 Å². The molecule has 1 aromatic heterocycles. The average molecular weight is 332 g/mol. The summed E-state index contributed by atoms with van der Waals surface area (Å²) in [5.41, 5.74) is 0.969. The summed E-state index contributed by atoms with van der Waals surface area (Å²) in [6, 6.07) is 0. The van der Waals surface area contributed by atoms with E-state index in [4.69, 9.17) is 0 Å². The Bertz CT molecular complexity index is 612. The minimum absolute atomic E-state index is 0.0146. The maximum atomic E-state index is 12.7. The quantitative estimate of drug-likeness (QED) is 0.920. The summed E-state index contributed by atoms with van der Waals surface area (Å²) in [6.45, 7) is 7.22. The van der Waals surface area contributed by atoms with Crippen molar-refractivity contribution < 1.29 is 9.59 Å². The summed E-state index contributed by atoms with van der Waals surface area (Å²) in [6.07, 6.45) is 7.46. The second kappa shape index (κ2) is 6.95. The summed E-state index contributed by atoms with van der Waals surface area (Å²) in [5, 5.41) is 0. The number of carbonyl (C=O) groups is 2. The number of imidazole rings is 1. The van der Waals surface area contributed by atoms with Gasteiger partial charge in [0, 0.05) is 49.9 Å². The van der Waals surface area contributed by atoms with Crippen LogP contribution >= 0.6 is 0 Å². The van der Waals surface area contributed by atoms with Crippen molar-refractivity contribution >= 4 is 11.8 Å². The van der Waals surface area contributed by atoms with E-state index in [1.807, 2.05) is 16.7 Å². The number of likely N-dealkylation sites (tertiary alicyclic amines) is 2. The lowest BCUT2D eigenvalue weighted by molar-refractivity contribution is -0.139. The molecule has 24 heavy (non-hydrogen) atoms. The molecule has 2 aliphatic heterocycles. The number of hydrogen-bond acceptors (Lipinski definition) is 3. The molecule has 0 bridgehead atoms. The molecule has 1 atom stereocenters. The topological polar surface area (TPSA) is 69.3 Å². The van der Waals surface area contributed by atoms with Crippen LogP contribution in [0.4, 0.5) is 0 Å². The lowest BCUT2D eigenvalue weighted by Crippen LogP contribution is -2.55. The molecule has 2 amide bonds. The van der Waals surface area contributed by atoms with Crippen LogP contribution in [0.5, 0.6) is 0 Å². The Kier molecular flexibility index (Phi) is 4.92. The highest BCUT2D eigenvalue weighted by Gasteiger charge is 2.42. The number of H-pyrrole nitrogens is 1. The van der Waals surface area contributed by atoms with Gasteiger partial charge in [-0.1, -0.05) is 13.3 Å². The van der Waals surface area contributed by atoms with Crippen LogP contribution in [0, 0.1) is 12.3 Å². The summed E-state index contributed by atoms with van der Waals surface area (Å²) in [5.74, 6) is 0.692. The monoisotopic (exact) mass is 332 g/mol. The Morgan fingerprint density at radius 1 is 1.38 bits per heavy atom. The van der Waals surface area contributed by atoms with Gasteiger partial charge in [-0.2, -0.15) is 0 Å². The van der Waals surface area contributed by atoms with E-state index in [-0.39, 0.29) is 17.2 Å². The highest BCUT2D eigenvalue weighted by molar-refractivity contribution is 5.90. The second-order valence-corrected chi connectivity index (χ2v) is 7.41. The van der Waals surface area contributed by atoms with E-state index in [0.29, 0.717) is 12.2 Å². The second-order valence-electron chi connectivity index (χ2n) is 7.41. The summed E-state index contributed by atoms with van der Waals surface area (Å²) in [4.78, 5) is 36.1. The van der Waals surface area contributed by atoms with Gasteiger partial charge >= 0.3 is 0 Å². The zero-order chi connectivity index (χ0) is 17.2. The molecule has 0 aromatic carbocycles. The molecule has 0 radical (unpaired) electrons. The molecule has 2 saturated heterocycles. The predicted octanol–water partition coefficient (Wildman–Crippen LogP) is 2.36. The van der Waals surface area contributed by atoms with Crippen molar-refractivity contribution in [1.29, 1.82) is 0 Å². The largest absolute Gasteiger partial charge is 0.342 e. The van der Waals surface area contributed by atoms with Gasteiger partial charge in [-0.25, -0.2) is 4.98 Å². The molecule has 132 valence electrons. The molecule has 1 spiro atoms. The number of aryl methyl sites for hydroxylation is 1. The van der Waals surface area contributed by atoms with Crippen molar-refractivity contribution in [3.63, 3.8) is 0 Å². The number of aromatic nitrogens is 2. The number of aromatic amines is 1. The van der Waals surface area contributed by atoms with Crippen LogP contribution in [-0.4, -0.2) is 57.8 Å². The third kappa shape index (κ3) is 3.47. The van der Waals surface area contributed by atoms with Gasteiger partial charge in [0.2, 0.25) is 5.91 Å². The zero-order valence-electron chi connectivity index (χ0n) is 14.8. The van der Waals surface area contributed by atoms with Crippen LogP contribution in [0.25, 0.3) is 0 Å². The first-order chi connectivity index (χ1) is 11.5. The number of piperidine rings is 2. The third-order valence-corrected chi connectivity index (χ3v) is 5.38. The first kappa shape index (κ1) is 17.0. The number of nitrogens with one attached hydrogen (secondary N) is 1. The van der Waals surface area contributed by atoms with E-state index >= 15 is 0 Å². The van der Waals surface area contributed by atoms with Crippen LogP contribution in [0.15, 0.2) is 6.20 Å². The zero-order valence-corrected chi connectivity index (χ0v) is 14.8. The Labute approximate surface area is 143 Å². The first-order valence-corrected chi connectivity index (χ1v) is 9.12. The Morgan fingerprint density at radius 2 is 2.21 bits per heavy atom. The minimum atomic E-state index is -0.0146. The summed E-state index contributed by atoms with van der Waals surface area (Å²) in [7, 11) is 0. The third-order valence-electron chi connectivity index (χ3n) is 5.38. The lowest BCUT2D eigenvalue weighted by atomic mass is 9.73. The maximum absolute atomic E-state index is 12.7. The molecule has 3 heterocycles. The summed E-state index contributed by atoms with van der Waals surface area (Å²) >= 11 is 0. The van der Waals surface area contributed by atoms with Gasteiger partial charge in [0.05, 0.1) is 0 Å². The normalized spacial score (nSPS) is 24.7. The van der Waals surface area contributed by atoms with Gasteiger partial charge in [0.25, 0.3) is 5.91 Å². The van der Waals surface area contributed by atoms with Crippen molar-refractivity contribution in [2.45, 2.75) is 52.4 Å². The van der Waals surface area contributed by atoms with Crippen LogP contribution in [-0.2, 0) is 4.79 Å². The SMILES string of the molecule is CCCCN1C[C@]2(CCCN(C(=O)c3ncc(C)[nH]3)C2)CCC1=O. The van der Waals surface area contributed by atoms with Gasteiger partial charge in [-0.05, 0) is 32.6 Å². The van der Waals surface area contributed by atoms with Gasteiger partial charge < -0.3 is 14.8 Å². The number of nitrogens with zero attached hydrogens (tertiary/aromatic N) is 3. The molecular weight excluding hydrogens is 304 g/mol. The fraction of sp³-hybridized carbons (Fsp3) is 0.722. The van der Waals surface area contributed by atoms with Gasteiger partial charge in [-0.15, -0.1) is 0 Å². The fourth-order valence-electron chi connectivity index (χ4n) is 4.04. The molecule has 2 aliphatic rings. The van der Waals surface area contributed by atoms with E-state index in [1.54, 1.807) is 6.20 Å². The van der Waals surface area contributed by atoms with E-state index in [1.165, 1.54) is 0 Å². The van der Waals surface area contributed by atoms with Crippen molar-refractivity contribution in [3.8, 4) is 0 Å². The lowest BCUT2D eigenvalue weighted by Gasteiger charge is -2.48. The molecule has 0 aliphatic carbocycles. The standard InChI is InChI=1S/C18H28N4O2/c1-3-4-9-21-12-18(8-6-15(21)23)7-5-10-22(13-18)17(24)16-19-11-14(2)20-16/h11H,3-10,12-13H2,1-2H3,(H,19,20)/t18-/m0/s1.